The summed E-state index contributed by atoms with van der Waals surface area (Å²) in [6, 6.07) is 4.35. The van der Waals surface area contributed by atoms with Gasteiger partial charge in [-0.1, -0.05) is 30.3 Å². The van der Waals surface area contributed by atoms with Crippen molar-refractivity contribution in [3.8, 4) is 0 Å². The number of nitrogens with one attached hydrogen (secondary N) is 1. The molecule has 1 saturated heterocycles. The van der Waals surface area contributed by atoms with Gasteiger partial charge < -0.3 is 15.8 Å². The number of rotatable bonds is 3. The highest BCUT2D eigenvalue weighted by Gasteiger charge is 2.57. The first-order valence-electron chi connectivity index (χ1n) is 8.48. The molecule has 0 aliphatic carbocycles. The molecule has 2 unspecified atom stereocenters. The molecule has 146 valence electrons. The van der Waals surface area contributed by atoms with Gasteiger partial charge in [-0.2, -0.15) is 0 Å². The fourth-order valence-corrected chi connectivity index (χ4v) is 4.61. The van der Waals surface area contributed by atoms with E-state index in [2.05, 4.69) is 20.3 Å². The number of fused-ring (bicyclic) bond motifs is 1. The summed E-state index contributed by atoms with van der Waals surface area (Å²) >= 11 is 7.18. The molecule has 0 spiro atoms. The van der Waals surface area contributed by atoms with Crippen LogP contribution in [0.4, 0.5) is 10.1 Å². The summed E-state index contributed by atoms with van der Waals surface area (Å²) < 4.78 is 20.6. The number of nitrogens with zero attached hydrogens (tertiary/aromatic N) is 3. The monoisotopic (exact) mass is 421 g/mol. The van der Waals surface area contributed by atoms with Crippen molar-refractivity contribution in [2.24, 2.45) is 16.1 Å². The third kappa shape index (κ3) is 3.13. The number of aromatic nitrogens is 2. The lowest BCUT2D eigenvalue weighted by molar-refractivity contribution is 0.101. The molecule has 1 aromatic carbocycles. The summed E-state index contributed by atoms with van der Waals surface area (Å²) in [6.45, 7) is 2.68. The van der Waals surface area contributed by atoms with Gasteiger partial charge in [0.25, 0.3) is 5.91 Å². The number of halogens is 2. The Hall–Kier alpha value is -2.23. The molecule has 1 aromatic heterocycles. The predicted octanol–water partition coefficient (Wildman–Crippen LogP) is 2.81. The van der Waals surface area contributed by atoms with Crippen LogP contribution in [0.3, 0.4) is 0 Å². The first-order chi connectivity index (χ1) is 13.3. The lowest BCUT2D eigenvalue weighted by atomic mass is 9.70. The van der Waals surface area contributed by atoms with Crippen LogP contribution >= 0.6 is 23.4 Å². The number of amides is 1. The number of hydrogen-bond donors (Lipinski definition) is 2. The minimum absolute atomic E-state index is 0.0428. The van der Waals surface area contributed by atoms with Crippen molar-refractivity contribution in [2.45, 2.75) is 12.5 Å². The van der Waals surface area contributed by atoms with Crippen molar-refractivity contribution in [3.05, 3.63) is 52.8 Å². The second-order valence-corrected chi connectivity index (χ2v) is 8.46. The standard InChI is InChI=1S/C18H17ClFN5O2S/c1-17-7-27-8-18(17,25-16(21)28-9-17)12-4-11(2-3-13(12)20)24-15(26)14-22-5-10(19)6-23-14/h2-6H,7-9H2,1H3,(H2,21,25)(H,24,26). The van der Waals surface area contributed by atoms with E-state index in [1.165, 1.54) is 36.3 Å². The Kier molecular flexibility index (Phi) is 4.76. The zero-order valence-electron chi connectivity index (χ0n) is 14.9. The normalized spacial score (nSPS) is 26.5. The molecule has 2 aliphatic heterocycles. The summed E-state index contributed by atoms with van der Waals surface area (Å²) in [7, 11) is 0. The van der Waals surface area contributed by atoms with Crippen LogP contribution in [-0.2, 0) is 10.3 Å². The lowest BCUT2D eigenvalue weighted by Crippen LogP contribution is -2.48. The highest BCUT2D eigenvalue weighted by Crippen LogP contribution is 2.53. The quantitative estimate of drug-likeness (QED) is 0.790. The number of carbonyl (C=O) groups is 1. The van der Waals surface area contributed by atoms with Crippen LogP contribution in [0, 0.1) is 11.2 Å². The van der Waals surface area contributed by atoms with Gasteiger partial charge in [0, 0.05) is 34.8 Å². The summed E-state index contributed by atoms with van der Waals surface area (Å²) in [5.41, 5.74) is 5.35. The molecular formula is C18H17ClFN5O2S. The molecule has 4 rings (SSSR count). The molecule has 1 fully saturated rings. The first-order valence-corrected chi connectivity index (χ1v) is 9.84. The molecule has 28 heavy (non-hydrogen) atoms. The van der Waals surface area contributed by atoms with Gasteiger partial charge >= 0.3 is 0 Å². The number of amidine groups is 1. The Balaban J connectivity index is 1.70. The highest BCUT2D eigenvalue weighted by molar-refractivity contribution is 8.13. The van der Waals surface area contributed by atoms with Crippen molar-refractivity contribution in [1.29, 1.82) is 0 Å². The van der Waals surface area contributed by atoms with Crippen LogP contribution in [0.5, 0.6) is 0 Å². The zero-order chi connectivity index (χ0) is 19.9. The number of carbonyl (C=O) groups excluding carboxylic acids is 1. The van der Waals surface area contributed by atoms with Crippen LogP contribution in [0.25, 0.3) is 0 Å². The Morgan fingerprint density at radius 2 is 2.11 bits per heavy atom. The number of hydrogen-bond acceptors (Lipinski definition) is 7. The fourth-order valence-electron chi connectivity index (χ4n) is 3.50. The molecular weight excluding hydrogens is 405 g/mol. The third-order valence-corrected chi connectivity index (χ3v) is 6.43. The topological polar surface area (TPSA) is 102 Å². The summed E-state index contributed by atoms with van der Waals surface area (Å²) in [5.74, 6) is -0.337. The summed E-state index contributed by atoms with van der Waals surface area (Å²) in [4.78, 5) is 24.8. The van der Waals surface area contributed by atoms with Crippen molar-refractivity contribution in [1.82, 2.24) is 9.97 Å². The Morgan fingerprint density at radius 1 is 1.36 bits per heavy atom. The van der Waals surface area contributed by atoms with Crippen LogP contribution in [0.2, 0.25) is 5.02 Å². The Labute approximate surface area is 169 Å². The Bertz CT molecular complexity index is 973. The number of thioether (sulfide) groups is 1. The largest absolute Gasteiger partial charge is 0.379 e. The third-order valence-electron chi connectivity index (χ3n) is 5.06. The number of anilines is 1. The number of benzene rings is 1. The number of aliphatic imine (C=N–C) groups is 1. The molecule has 0 radical (unpaired) electrons. The molecule has 3 N–H and O–H groups in total. The van der Waals surface area contributed by atoms with E-state index in [0.29, 0.717) is 33.8 Å². The minimum Gasteiger partial charge on any atom is -0.379 e. The number of ether oxygens (including phenoxy) is 1. The van der Waals surface area contributed by atoms with Crippen LogP contribution in [-0.4, -0.2) is 40.0 Å². The van der Waals surface area contributed by atoms with Crippen LogP contribution in [0.1, 0.15) is 23.1 Å². The fraction of sp³-hybridized carbons (Fsp3) is 0.333. The van der Waals surface area contributed by atoms with Gasteiger partial charge in [0.15, 0.2) is 5.17 Å². The molecule has 10 heteroatoms. The predicted molar refractivity (Wildman–Crippen MR) is 106 cm³/mol. The van der Waals surface area contributed by atoms with E-state index in [9.17, 15) is 9.18 Å². The van der Waals surface area contributed by atoms with Gasteiger partial charge in [0.05, 0.1) is 18.2 Å². The average molecular weight is 422 g/mol. The average Bonchev–Trinajstić information content (AvgIpc) is 3.01. The van der Waals surface area contributed by atoms with E-state index in [1.54, 1.807) is 6.07 Å². The maximum atomic E-state index is 14.9. The van der Waals surface area contributed by atoms with Gasteiger partial charge in [-0.15, -0.1) is 0 Å². The molecule has 0 bridgehead atoms. The van der Waals surface area contributed by atoms with E-state index in [4.69, 9.17) is 22.1 Å². The van der Waals surface area contributed by atoms with E-state index >= 15 is 0 Å². The van der Waals surface area contributed by atoms with Crippen LogP contribution < -0.4 is 11.1 Å². The van der Waals surface area contributed by atoms with Gasteiger partial charge in [0.2, 0.25) is 5.82 Å². The molecule has 2 aromatic rings. The molecule has 0 saturated carbocycles. The molecule has 2 atom stereocenters. The van der Waals surface area contributed by atoms with Crippen molar-refractivity contribution in [2.75, 3.05) is 24.3 Å². The first kappa shape index (κ1) is 19.1. The highest BCUT2D eigenvalue weighted by atomic mass is 35.5. The maximum absolute atomic E-state index is 14.9. The lowest BCUT2D eigenvalue weighted by Gasteiger charge is -2.42. The van der Waals surface area contributed by atoms with E-state index < -0.39 is 22.7 Å². The second kappa shape index (κ2) is 6.98. The molecule has 7 nitrogen and oxygen atoms in total. The van der Waals surface area contributed by atoms with E-state index in [1.807, 2.05) is 6.92 Å². The Morgan fingerprint density at radius 3 is 2.86 bits per heavy atom. The van der Waals surface area contributed by atoms with Gasteiger partial charge in [-0.05, 0) is 18.2 Å². The molecule has 2 aliphatic rings. The van der Waals surface area contributed by atoms with Gasteiger partial charge in [-0.25, -0.2) is 19.4 Å². The van der Waals surface area contributed by atoms with Crippen molar-refractivity contribution < 1.29 is 13.9 Å². The maximum Gasteiger partial charge on any atom is 0.293 e. The van der Waals surface area contributed by atoms with E-state index in [0.717, 1.165) is 0 Å². The van der Waals surface area contributed by atoms with Crippen molar-refractivity contribution >= 4 is 40.1 Å². The van der Waals surface area contributed by atoms with Crippen molar-refractivity contribution in [3.63, 3.8) is 0 Å². The van der Waals surface area contributed by atoms with Gasteiger partial charge in [0.1, 0.15) is 11.4 Å². The smallest absolute Gasteiger partial charge is 0.293 e. The molecule has 1 amide bonds. The minimum atomic E-state index is -0.941. The second-order valence-electron chi connectivity index (χ2n) is 7.03. The zero-order valence-corrected chi connectivity index (χ0v) is 16.5. The van der Waals surface area contributed by atoms with Crippen LogP contribution in [0.15, 0.2) is 35.6 Å². The summed E-state index contributed by atoms with van der Waals surface area (Å²) in [5, 5.41) is 3.40. The SMILES string of the molecule is CC12COCC1(c1cc(NC(=O)c3ncc(Cl)cn3)ccc1F)N=C(N)SC2. The number of nitrogens with two attached hydrogens (primary N) is 1. The van der Waals surface area contributed by atoms with E-state index in [-0.39, 0.29) is 12.4 Å². The summed E-state index contributed by atoms with van der Waals surface area (Å²) in [6.07, 6.45) is 2.66. The van der Waals surface area contributed by atoms with Gasteiger partial charge in [-0.3, -0.25) is 4.79 Å². The molecule has 3 heterocycles.